The van der Waals surface area contributed by atoms with Gasteiger partial charge in [0, 0.05) is 46.3 Å². The van der Waals surface area contributed by atoms with Gasteiger partial charge in [-0.1, -0.05) is 12.8 Å². The number of ether oxygens (including phenoxy) is 1. The van der Waals surface area contributed by atoms with Crippen LogP contribution in [0.3, 0.4) is 0 Å². The molecule has 0 aromatic carbocycles. The number of aromatic nitrogens is 3. The number of nitrogens with one attached hydrogen (secondary N) is 1. The number of likely N-dealkylation sites (tertiary alicyclic amines) is 1. The van der Waals surface area contributed by atoms with Crippen LogP contribution in [0.25, 0.3) is 0 Å². The van der Waals surface area contributed by atoms with E-state index in [2.05, 4.69) is 25.3 Å². The van der Waals surface area contributed by atoms with Gasteiger partial charge in [0.15, 0.2) is 11.8 Å². The molecule has 1 aromatic rings. The van der Waals surface area contributed by atoms with Gasteiger partial charge in [0.2, 0.25) is 0 Å². The number of morpholine rings is 1. The molecule has 0 bridgehead atoms. The molecule has 3 heterocycles. The van der Waals surface area contributed by atoms with Crippen LogP contribution >= 0.6 is 0 Å². The van der Waals surface area contributed by atoms with Crippen LogP contribution in [0.15, 0.2) is 4.99 Å². The van der Waals surface area contributed by atoms with Crippen molar-refractivity contribution >= 4 is 5.96 Å². The van der Waals surface area contributed by atoms with Crippen LogP contribution in [-0.4, -0.2) is 83.0 Å². The molecule has 2 saturated heterocycles. The van der Waals surface area contributed by atoms with Crippen molar-refractivity contribution in [3.63, 3.8) is 0 Å². The predicted octanol–water partition coefficient (Wildman–Crippen LogP) is 1.02. The normalized spacial score (nSPS) is 26.5. The number of hydrogen-bond donors (Lipinski definition) is 1. The Morgan fingerprint density at radius 3 is 2.50 bits per heavy atom. The Labute approximate surface area is 168 Å². The predicted molar refractivity (Wildman–Crippen MR) is 109 cm³/mol. The summed E-state index contributed by atoms with van der Waals surface area (Å²) >= 11 is 0. The van der Waals surface area contributed by atoms with E-state index in [1.807, 2.05) is 18.5 Å². The summed E-state index contributed by atoms with van der Waals surface area (Å²) < 4.78 is 7.48. The van der Waals surface area contributed by atoms with Gasteiger partial charge in [0.05, 0.1) is 13.2 Å². The van der Waals surface area contributed by atoms with E-state index in [1.165, 1.54) is 25.7 Å². The molecule has 3 aliphatic rings. The van der Waals surface area contributed by atoms with E-state index >= 15 is 0 Å². The molecule has 1 N–H and O–H groups in total. The summed E-state index contributed by atoms with van der Waals surface area (Å²) in [6, 6.07) is 0. The fourth-order valence-corrected chi connectivity index (χ4v) is 4.73. The molecule has 2 unspecified atom stereocenters. The molecule has 1 aliphatic carbocycles. The monoisotopic (exact) mass is 389 g/mol. The molecule has 3 fully saturated rings. The van der Waals surface area contributed by atoms with Gasteiger partial charge >= 0.3 is 0 Å². The van der Waals surface area contributed by atoms with Gasteiger partial charge in [-0.3, -0.25) is 4.90 Å². The van der Waals surface area contributed by atoms with E-state index in [0.29, 0.717) is 6.54 Å². The van der Waals surface area contributed by atoms with Crippen molar-refractivity contribution in [3.05, 3.63) is 11.6 Å². The molecule has 1 saturated carbocycles. The number of aliphatic imine (C=N–C) groups is 1. The highest BCUT2D eigenvalue weighted by Crippen LogP contribution is 2.35. The Morgan fingerprint density at radius 1 is 1.14 bits per heavy atom. The van der Waals surface area contributed by atoms with Crippen molar-refractivity contribution < 1.29 is 4.74 Å². The van der Waals surface area contributed by atoms with Crippen LogP contribution in [0.2, 0.25) is 0 Å². The van der Waals surface area contributed by atoms with E-state index in [4.69, 9.17) is 9.73 Å². The summed E-state index contributed by atoms with van der Waals surface area (Å²) in [5.41, 5.74) is 0. The number of rotatable bonds is 5. The minimum absolute atomic E-state index is 0.572. The lowest BCUT2D eigenvalue weighted by atomic mass is 9.82. The lowest BCUT2D eigenvalue weighted by Crippen LogP contribution is -2.45. The molecule has 0 spiro atoms. The maximum Gasteiger partial charge on any atom is 0.194 e. The highest BCUT2D eigenvalue weighted by Gasteiger charge is 2.35. The van der Waals surface area contributed by atoms with Gasteiger partial charge < -0.3 is 19.5 Å². The van der Waals surface area contributed by atoms with E-state index in [-0.39, 0.29) is 0 Å². The number of fused-ring (bicyclic) bond motifs is 1. The smallest absolute Gasteiger partial charge is 0.194 e. The minimum atomic E-state index is 0.572. The van der Waals surface area contributed by atoms with Crippen LogP contribution < -0.4 is 5.32 Å². The third kappa shape index (κ3) is 4.66. The maximum atomic E-state index is 5.45. The quantitative estimate of drug-likeness (QED) is 0.599. The second-order valence-corrected chi connectivity index (χ2v) is 8.45. The average Bonchev–Trinajstić information content (AvgIpc) is 3.29. The number of guanidine groups is 1. The third-order valence-corrected chi connectivity index (χ3v) is 6.64. The fraction of sp³-hybridized carbons (Fsp3) is 0.850. The van der Waals surface area contributed by atoms with Crippen LogP contribution in [0.4, 0.5) is 0 Å². The number of nitrogens with zero attached hydrogens (tertiary/aromatic N) is 6. The zero-order valence-electron chi connectivity index (χ0n) is 17.4. The lowest BCUT2D eigenvalue weighted by Gasteiger charge is -2.28. The highest BCUT2D eigenvalue weighted by atomic mass is 16.5. The van der Waals surface area contributed by atoms with Gasteiger partial charge in [-0.05, 0) is 31.6 Å². The molecular weight excluding hydrogens is 354 g/mol. The van der Waals surface area contributed by atoms with Crippen molar-refractivity contribution in [3.8, 4) is 0 Å². The summed E-state index contributed by atoms with van der Waals surface area (Å²) in [4.78, 5) is 9.91. The SMILES string of the molecule is Cc1nnc(CN=C(NCCN2CCOCC2)N2CC3CCCCC3C2)n1C. The molecule has 156 valence electrons. The first-order chi connectivity index (χ1) is 13.7. The molecule has 1 aromatic heterocycles. The molecule has 8 heteroatoms. The van der Waals surface area contributed by atoms with E-state index < -0.39 is 0 Å². The summed E-state index contributed by atoms with van der Waals surface area (Å²) in [5.74, 6) is 4.58. The van der Waals surface area contributed by atoms with Crippen LogP contribution in [0, 0.1) is 18.8 Å². The standard InChI is InChI=1S/C20H35N7O/c1-16-23-24-19(25(16)2)13-22-20(21-7-8-26-9-11-28-12-10-26)27-14-17-5-3-4-6-18(17)15-27/h17-18H,3-15H2,1-2H3,(H,21,22). The summed E-state index contributed by atoms with van der Waals surface area (Å²) in [6.45, 7) is 10.5. The van der Waals surface area contributed by atoms with Crippen molar-refractivity contribution in [2.75, 3.05) is 52.5 Å². The zero-order valence-corrected chi connectivity index (χ0v) is 17.4. The molecule has 2 aliphatic heterocycles. The van der Waals surface area contributed by atoms with Gasteiger partial charge in [-0.2, -0.15) is 0 Å². The number of aryl methyl sites for hydroxylation is 1. The first-order valence-corrected chi connectivity index (χ1v) is 10.9. The Bertz CT molecular complexity index is 654. The van der Waals surface area contributed by atoms with Crippen molar-refractivity contribution in [2.24, 2.45) is 23.9 Å². The highest BCUT2D eigenvalue weighted by molar-refractivity contribution is 5.80. The lowest BCUT2D eigenvalue weighted by molar-refractivity contribution is 0.0388. The van der Waals surface area contributed by atoms with Crippen LogP contribution in [0.5, 0.6) is 0 Å². The van der Waals surface area contributed by atoms with E-state index in [0.717, 1.165) is 81.9 Å². The Morgan fingerprint density at radius 2 is 1.86 bits per heavy atom. The number of hydrogen-bond acceptors (Lipinski definition) is 5. The largest absolute Gasteiger partial charge is 0.379 e. The summed E-state index contributed by atoms with van der Waals surface area (Å²) in [6.07, 6.45) is 5.55. The summed E-state index contributed by atoms with van der Waals surface area (Å²) in [5, 5.41) is 12.1. The summed E-state index contributed by atoms with van der Waals surface area (Å²) in [7, 11) is 2.01. The molecule has 0 amide bonds. The second-order valence-electron chi connectivity index (χ2n) is 8.45. The van der Waals surface area contributed by atoms with Gasteiger partial charge in [-0.25, -0.2) is 4.99 Å². The van der Waals surface area contributed by atoms with Crippen LogP contribution in [-0.2, 0) is 18.3 Å². The fourth-order valence-electron chi connectivity index (χ4n) is 4.73. The van der Waals surface area contributed by atoms with E-state index in [9.17, 15) is 0 Å². The molecule has 8 nitrogen and oxygen atoms in total. The van der Waals surface area contributed by atoms with Crippen molar-refractivity contribution in [1.82, 2.24) is 29.9 Å². The van der Waals surface area contributed by atoms with Gasteiger partial charge in [0.25, 0.3) is 0 Å². The molecular formula is C20H35N7O. The van der Waals surface area contributed by atoms with Gasteiger partial charge in [-0.15, -0.1) is 10.2 Å². The Hall–Kier alpha value is -1.67. The first-order valence-electron chi connectivity index (χ1n) is 10.9. The van der Waals surface area contributed by atoms with E-state index in [1.54, 1.807) is 0 Å². The average molecular weight is 390 g/mol. The third-order valence-electron chi connectivity index (χ3n) is 6.64. The minimum Gasteiger partial charge on any atom is -0.379 e. The Balaban J connectivity index is 1.39. The first kappa shape index (κ1) is 19.6. The van der Waals surface area contributed by atoms with Gasteiger partial charge in [0.1, 0.15) is 12.4 Å². The molecule has 28 heavy (non-hydrogen) atoms. The Kier molecular flexibility index (Phi) is 6.47. The van der Waals surface area contributed by atoms with Crippen LogP contribution in [0.1, 0.15) is 37.3 Å². The maximum absolute atomic E-state index is 5.45. The van der Waals surface area contributed by atoms with Crippen molar-refractivity contribution in [1.29, 1.82) is 0 Å². The second kappa shape index (κ2) is 9.22. The molecule has 0 radical (unpaired) electrons. The zero-order chi connectivity index (χ0) is 19.3. The van der Waals surface area contributed by atoms with Crippen molar-refractivity contribution in [2.45, 2.75) is 39.2 Å². The molecule has 4 rings (SSSR count). The molecule has 2 atom stereocenters. The topological polar surface area (TPSA) is 70.8 Å².